The third kappa shape index (κ3) is 5.96. The Morgan fingerprint density at radius 1 is 0.538 bits per heavy atom. The molecule has 2 aliphatic carbocycles. The zero-order valence-corrected chi connectivity index (χ0v) is 30.1. The maximum atomic E-state index is 6.65. The van der Waals surface area contributed by atoms with Crippen molar-refractivity contribution in [3.05, 3.63) is 71.2 Å². The SMILES string of the molecule is CC(C)(C)C1=CC([Si](C)(C)C2C=C(C(C)(C)C)C=C2c2ccc([Si](C)(C)C)o2)C(c2ccc([Si](C)(C)C)o2)=C1. The summed E-state index contributed by atoms with van der Waals surface area (Å²) in [5.41, 5.74) is 6.51. The second kappa shape index (κ2) is 9.63. The Bertz CT molecular complexity index is 1260. The van der Waals surface area contributed by atoms with E-state index in [1.54, 1.807) is 0 Å². The van der Waals surface area contributed by atoms with Crippen molar-refractivity contribution >= 4 is 46.1 Å². The lowest BCUT2D eigenvalue weighted by Crippen LogP contribution is -2.38. The molecule has 4 rings (SSSR count). The molecule has 2 aromatic rings. The van der Waals surface area contributed by atoms with Crippen molar-refractivity contribution in [2.75, 3.05) is 0 Å². The van der Waals surface area contributed by atoms with Crippen LogP contribution in [-0.2, 0) is 0 Å². The van der Waals surface area contributed by atoms with Crippen LogP contribution in [0, 0.1) is 10.8 Å². The van der Waals surface area contributed by atoms with Crippen molar-refractivity contribution in [3.63, 3.8) is 0 Å². The second-order valence-electron chi connectivity index (χ2n) is 16.5. The van der Waals surface area contributed by atoms with E-state index in [0.29, 0.717) is 11.1 Å². The molecule has 0 amide bonds. The maximum Gasteiger partial charge on any atom is 0.129 e. The molecule has 2 aliphatic rings. The summed E-state index contributed by atoms with van der Waals surface area (Å²) in [4.78, 5) is 0. The molecule has 2 aromatic heterocycles. The first-order chi connectivity index (χ1) is 17.6. The Morgan fingerprint density at radius 2 is 0.872 bits per heavy atom. The molecular formula is C34H52O2Si3. The van der Waals surface area contributed by atoms with Gasteiger partial charge in [-0.25, -0.2) is 0 Å². The Labute approximate surface area is 241 Å². The van der Waals surface area contributed by atoms with Crippen LogP contribution in [0.25, 0.3) is 11.1 Å². The van der Waals surface area contributed by atoms with Gasteiger partial charge in [0, 0.05) is 11.1 Å². The van der Waals surface area contributed by atoms with Gasteiger partial charge in [0.2, 0.25) is 0 Å². The minimum absolute atomic E-state index is 0.0900. The van der Waals surface area contributed by atoms with E-state index in [0.717, 1.165) is 11.5 Å². The highest BCUT2D eigenvalue weighted by molar-refractivity contribution is 6.88. The number of hydrogen-bond donors (Lipinski definition) is 0. The molecule has 2 atom stereocenters. The summed E-state index contributed by atoms with van der Waals surface area (Å²) >= 11 is 0. The van der Waals surface area contributed by atoms with Crippen LogP contribution < -0.4 is 10.8 Å². The summed E-state index contributed by atoms with van der Waals surface area (Å²) in [6.07, 6.45) is 10.1. The van der Waals surface area contributed by atoms with Gasteiger partial charge in [-0.15, -0.1) is 0 Å². The molecular weight excluding hydrogens is 525 g/mol. The highest BCUT2D eigenvalue weighted by atomic mass is 28.3. The van der Waals surface area contributed by atoms with Gasteiger partial charge in [-0.1, -0.05) is 118 Å². The first-order valence-electron chi connectivity index (χ1n) is 14.7. The lowest BCUT2D eigenvalue weighted by atomic mass is 9.87. The van der Waals surface area contributed by atoms with Crippen LogP contribution in [0.2, 0.25) is 63.5 Å². The molecule has 2 unspecified atom stereocenters. The molecule has 0 bridgehead atoms. The second-order valence-corrected chi connectivity index (χ2v) is 31.4. The van der Waals surface area contributed by atoms with Crippen LogP contribution in [0.15, 0.2) is 68.6 Å². The fourth-order valence-electron chi connectivity index (χ4n) is 5.75. The summed E-state index contributed by atoms with van der Waals surface area (Å²) in [6, 6.07) is 8.96. The molecule has 0 N–H and O–H groups in total. The predicted octanol–water partition coefficient (Wildman–Crippen LogP) is 9.85. The fraction of sp³-hybridized carbons (Fsp3) is 0.529. The lowest BCUT2D eigenvalue weighted by molar-refractivity contribution is 0.517. The Balaban J connectivity index is 1.84. The first kappa shape index (κ1) is 30.1. The highest BCUT2D eigenvalue weighted by Gasteiger charge is 2.47. The summed E-state index contributed by atoms with van der Waals surface area (Å²) < 4.78 is 13.3. The minimum Gasteiger partial charge on any atom is -0.467 e. The van der Waals surface area contributed by atoms with Gasteiger partial charge in [0.15, 0.2) is 0 Å². The molecule has 0 radical (unpaired) electrons. The molecule has 0 saturated heterocycles. The minimum atomic E-state index is -2.03. The van der Waals surface area contributed by atoms with Crippen LogP contribution in [0.1, 0.15) is 53.1 Å². The van der Waals surface area contributed by atoms with E-state index in [-0.39, 0.29) is 10.8 Å². The van der Waals surface area contributed by atoms with Crippen molar-refractivity contribution in [1.29, 1.82) is 0 Å². The van der Waals surface area contributed by atoms with E-state index in [9.17, 15) is 0 Å². The average Bonchev–Trinajstić information content (AvgIpc) is 3.56. The van der Waals surface area contributed by atoms with Gasteiger partial charge >= 0.3 is 0 Å². The molecule has 0 aromatic carbocycles. The zero-order valence-electron chi connectivity index (χ0n) is 27.1. The van der Waals surface area contributed by atoms with E-state index >= 15 is 0 Å². The average molecular weight is 577 g/mol. The van der Waals surface area contributed by atoms with Gasteiger partial charge in [-0.05, 0) is 57.4 Å². The summed E-state index contributed by atoms with van der Waals surface area (Å²) in [5, 5.41) is 2.37. The van der Waals surface area contributed by atoms with Gasteiger partial charge < -0.3 is 8.83 Å². The van der Waals surface area contributed by atoms with Gasteiger partial charge in [0.1, 0.15) is 27.7 Å². The Hall–Kier alpha value is -1.83. The van der Waals surface area contributed by atoms with Crippen molar-refractivity contribution in [2.24, 2.45) is 10.8 Å². The molecule has 39 heavy (non-hydrogen) atoms. The Morgan fingerprint density at radius 3 is 1.13 bits per heavy atom. The summed E-state index contributed by atoms with van der Waals surface area (Å²) in [5.74, 6) is 2.13. The topological polar surface area (TPSA) is 26.3 Å². The first-order valence-corrected chi connectivity index (χ1v) is 24.8. The van der Waals surface area contributed by atoms with E-state index in [2.05, 4.69) is 142 Å². The molecule has 2 nitrogen and oxygen atoms in total. The number of rotatable bonds is 6. The molecule has 2 heterocycles. The number of hydrogen-bond acceptors (Lipinski definition) is 2. The molecule has 212 valence electrons. The van der Waals surface area contributed by atoms with Crippen molar-refractivity contribution < 1.29 is 8.83 Å². The Kier molecular flexibility index (Phi) is 7.44. The van der Waals surface area contributed by atoms with E-state index in [1.807, 2.05) is 0 Å². The van der Waals surface area contributed by atoms with Gasteiger partial charge in [-0.3, -0.25) is 0 Å². The van der Waals surface area contributed by atoms with Crippen molar-refractivity contribution in [2.45, 2.75) is 105 Å². The monoisotopic (exact) mass is 576 g/mol. The van der Waals surface area contributed by atoms with Crippen LogP contribution in [0.5, 0.6) is 0 Å². The summed E-state index contributed by atoms with van der Waals surface area (Å²) in [6.45, 7) is 33.3. The normalized spacial score (nSPS) is 21.2. The third-order valence-electron chi connectivity index (χ3n) is 8.58. The van der Waals surface area contributed by atoms with Gasteiger partial charge in [-0.2, -0.15) is 0 Å². The standard InChI is InChI=1S/C34H52O2Si3/c1-33(2,3)23-19-25(27-15-17-31(35-27)37(7,8)9)29(21-23)39(13,14)30-22-24(34(4,5)6)20-26(30)28-16-18-32(36-28)38(10,11)12/h15-22,29-30H,1-14H3. The maximum absolute atomic E-state index is 6.65. The quantitative estimate of drug-likeness (QED) is 0.320. The molecule has 0 aliphatic heterocycles. The van der Waals surface area contributed by atoms with Crippen LogP contribution in [0.3, 0.4) is 0 Å². The zero-order chi connectivity index (χ0) is 29.3. The fourth-order valence-corrected chi connectivity index (χ4v) is 11.4. The molecule has 0 spiro atoms. The number of furan rings is 2. The number of allylic oxidation sites excluding steroid dienone is 8. The van der Waals surface area contributed by atoms with Gasteiger partial charge in [0.05, 0.1) is 18.8 Å². The molecule has 0 saturated carbocycles. The predicted molar refractivity (Wildman–Crippen MR) is 179 cm³/mol. The van der Waals surface area contributed by atoms with Gasteiger partial charge in [0.25, 0.3) is 0 Å². The van der Waals surface area contributed by atoms with Crippen LogP contribution in [0.4, 0.5) is 0 Å². The van der Waals surface area contributed by atoms with Crippen molar-refractivity contribution in [1.82, 2.24) is 0 Å². The largest absolute Gasteiger partial charge is 0.467 e. The smallest absolute Gasteiger partial charge is 0.129 e. The third-order valence-corrected chi connectivity index (χ3v) is 16.2. The van der Waals surface area contributed by atoms with Crippen molar-refractivity contribution in [3.8, 4) is 0 Å². The van der Waals surface area contributed by atoms with E-state index in [1.165, 1.54) is 33.1 Å². The van der Waals surface area contributed by atoms with E-state index in [4.69, 9.17) is 8.83 Å². The van der Waals surface area contributed by atoms with E-state index < -0.39 is 24.2 Å². The van der Waals surface area contributed by atoms with Crippen LogP contribution >= 0.6 is 0 Å². The molecule has 5 heteroatoms. The molecule has 0 fully saturated rings. The summed E-state index contributed by atoms with van der Waals surface area (Å²) in [7, 11) is -5.10. The highest BCUT2D eigenvalue weighted by Crippen LogP contribution is 2.56. The lowest BCUT2D eigenvalue weighted by Gasteiger charge is -2.36. The van der Waals surface area contributed by atoms with Crippen LogP contribution in [-0.4, -0.2) is 24.2 Å².